The highest BCUT2D eigenvalue weighted by atomic mass is 79.9. The van der Waals surface area contributed by atoms with Gasteiger partial charge < -0.3 is 15.6 Å². The lowest BCUT2D eigenvalue weighted by molar-refractivity contribution is 0.0953. The summed E-state index contributed by atoms with van der Waals surface area (Å²) in [5.41, 5.74) is 6.77. The number of amides is 1. The molecule has 2 aromatic rings. The predicted molar refractivity (Wildman–Crippen MR) is 75.3 cm³/mol. The van der Waals surface area contributed by atoms with E-state index < -0.39 is 0 Å². The molecule has 5 heteroatoms. The minimum absolute atomic E-state index is 0.146. The standard InChI is InChI=1S/C13H14BrN3O/c14-10-3-4-11(12(15)9-10)13(18)16-5-8-17-6-1-2-7-17/h1-4,6-7,9H,5,8,15H2,(H,16,18). The van der Waals surface area contributed by atoms with E-state index in [9.17, 15) is 4.79 Å². The van der Waals surface area contributed by atoms with Crippen LogP contribution >= 0.6 is 15.9 Å². The molecule has 1 amide bonds. The van der Waals surface area contributed by atoms with E-state index in [-0.39, 0.29) is 5.91 Å². The summed E-state index contributed by atoms with van der Waals surface area (Å²) in [5, 5.41) is 2.84. The second kappa shape index (κ2) is 5.73. The maximum Gasteiger partial charge on any atom is 0.253 e. The molecule has 1 heterocycles. The fourth-order valence-corrected chi connectivity index (χ4v) is 2.03. The first-order valence-corrected chi connectivity index (χ1v) is 6.40. The van der Waals surface area contributed by atoms with E-state index in [2.05, 4.69) is 21.2 Å². The van der Waals surface area contributed by atoms with Gasteiger partial charge in [-0.1, -0.05) is 15.9 Å². The highest BCUT2D eigenvalue weighted by Gasteiger charge is 2.08. The zero-order chi connectivity index (χ0) is 13.0. The molecule has 3 N–H and O–H groups in total. The molecule has 0 aliphatic heterocycles. The topological polar surface area (TPSA) is 60.1 Å². The Morgan fingerprint density at radius 2 is 2.06 bits per heavy atom. The minimum Gasteiger partial charge on any atom is -0.398 e. The highest BCUT2D eigenvalue weighted by Crippen LogP contribution is 2.18. The van der Waals surface area contributed by atoms with Crippen molar-refractivity contribution in [3.63, 3.8) is 0 Å². The molecule has 94 valence electrons. The summed E-state index contributed by atoms with van der Waals surface area (Å²) in [4.78, 5) is 11.9. The van der Waals surface area contributed by atoms with Crippen LogP contribution < -0.4 is 11.1 Å². The van der Waals surface area contributed by atoms with Crippen molar-refractivity contribution in [2.45, 2.75) is 6.54 Å². The Morgan fingerprint density at radius 1 is 1.33 bits per heavy atom. The Bertz CT molecular complexity index is 537. The van der Waals surface area contributed by atoms with E-state index >= 15 is 0 Å². The third kappa shape index (κ3) is 3.13. The maximum absolute atomic E-state index is 11.9. The van der Waals surface area contributed by atoms with Crippen LogP contribution in [0.4, 0.5) is 5.69 Å². The van der Waals surface area contributed by atoms with Crippen molar-refractivity contribution in [3.05, 3.63) is 52.8 Å². The molecule has 2 rings (SSSR count). The first-order chi connectivity index (χ1) is 8.66. The van der Waals surface area contributed by atoms with E-state index in [0.29, 0.717) is 17.8 Å². The third-order valence-corrected chi connectivity index (χ3v) is 3.07. The van der Waals surface area contributed by atoms with Crippen LogP contribution in [0.5, 0.6) is 0 Å². The van der Waals surface area contributed by atoms with E-state index in [1.54, 1.807) is 18.2 Å². The van der Waals surface area contributed by atoms with Crippen LogP contribution in [0.2, 0.25) is 0 Å². The van der Waals surface area contributed by atoms with Gasteiger partial charge in [-0.05, 0) is 30.3 Å². The third-order valence-electron chi connectivity index (χ3n) is 2.58. The van der Waals surface area contributed by atoms with Crippen LogP contribution in [-0.4, -0.2) is 17.0 Å². The summed E-state index contributed by atoms with van der Waals surface area (Å²) in [6, 6.07) is 9.14. The Morgan fingerprint density at radius 3 is 2.72 bits per heavy atom. The van der Waals surface area contributed by atoms with E-state index in [0.717, 1.165) is 11.0 Å². The number of aromatic nitrogens is 1. The van der Waals surface area contributed by atoms with Gasteiger partial charge in [-0.2, -0.15) is 0 Å². The first-order valence-electron chi connectivity index (χ1n) is 5.61. The summed E-state index contributed by atoms with van der Waals surface area (Å²) >= 11 is 3.31. The largest absolute Gasteiger partial charge is 0.398 e. The van der Waals surface area contributed by atoms with Gasteiger partial charge >= 0.3 is 0 Å². The molecule has 0 radical (unpaired) electrons. The van der Waals surface area contributed by atoms with Crippen molar-refractivity contribution in [1.29, 1.82) is 0 Å². The number of benzene rings is 1. The second-order valence-corrected chi connectivity index (χ2v) is 4.82. The molecule has 0 fully saturated rings. The van der Waals surface area contributed by atoms with Crippen LogP contribution in [0.25, 0.3) is 0 Å². The zero-order valence-corrected chi connectivity index (χ0v) is 11.4. The van der Waals surface area contributed by atoms with E-state index in [4.69, 9.17) is 5.73 Å². The molecule has 0 saturated carbocycles. The van der Waals surface area contributed by atoms with Gasteiger partial charge in [0.1, 0.15) is 0 Å². The average molecular weight is 308 g/mol. The smallest absolute Gasteiger partial charge is 0.253 e. The number of nitrogens with one attached hydrogen (secondary N) is 1. The summed E-state index contributed by atoms with van der Waals surface area (Å²) in [6.07, 6.45) is 3.92. The van der Waals surface area contributed by atoms with Crippen LogP contribution in [0.1, 0.15) is 10.4 Å². The van der Waals surface area contributed by atoms with Gasteiger partial charge in [0.05, 0.1) is 5.56 Å². The van der Waals surface area contributed by atoms with Crippen molar-refractivity contribution in [2.24, 2.45) is 0 Å². The number of anilines is 1. The predicted octanol–water partition coefficient (Wildman–Crippen LogP) is 2.26. The van der Waals surface area contributed by atoms with Crippen molar-refractivity contribution < 1.29 is 4.79 Å². The number of hydrogen-bond donors (Lipinski definition) is 2. The number of carbonyl (C=O) groups excluding carboxylic acids is 1. The van der Waals surface area contributed by atoms with Crippen LogP contribution in [0.15, 0.2) is 47.2 Å². The Kier molecular flexibility index (Phi) is 4.04. The quantitative estimate of drug-likeness (QED) is 0.851. The Balaban J connectivity index is 1.91. The molecule has 1 aromatic heterocycles. The van der Waals surface area contributed by atoms with Gasteiger partial charge in [-0.3, -0.25) is 4.79 Å². The van der Waals surface area contributed by atoms with Gasteiger partial charge in [-0.15, -0.1) is 0 Å². The number of rotatable bonds is 4. The fraction of sp³-hybridized carbons (Fsp3) is 0.154. The van der Waals surface area contributed by atoms with Crippen LogP contribution in [0, 0.1) is 0 Å². The number of nitrogens with two attached hydrogens (primary N) is 1. The number of carbonyl (C=O) groups is 1. The average Bonchev–Trinajstić information content (AvgIpc) is 2.81. The highest BCUT2D eigenvalue weighted by molar-refractivity contribution is 9.10. The van der Waals surface area contributed by atoms with Gasteiger partial charge in [0.15, 0.2) is 0 Å². The zero-order valence-electron chi connectivity index (χ0n) is 9.77. The lowest BCUT2D eigenvalue weighted by Crippen LogP contribution is -2.27. The summed E-state index contributed by atoms with van der Waals surface area (Å²) in [7, 11) is 0. The van der Waals surface area contributed by atoms with Crippen LogP contribution in [-0.2, 0) is 6.54 Å². The first kappa shape index (κ1) is 12.7. The van der Waals surface area contributed by atoms with Crippen molar-refractivity contribution >= 4 is 27.5 Å². The second-order valence-electron chi connectivity index (χ2n) is 3.91. The number of hydrogen-bond acceptors (Lipinski definition) is 2. The molecule has 0 spiro atoms. The van der Waals surface area contributed by atoms with Crippen molar-refractivity contribution in [2.75, 3.05) is 12.3 Å². The van der Waals surface area contributed by atoms with Crippen LogP contribution in [0.3, 0.4) is 0 Å². The number of nitrogen functional groups attached to an aromatic ring is 1. The fourth-order valence-electron chi connectivity index (χ4n) is 1.65. The molecule has 0 unspecified atom stereocenters. The molecule has 0 aliphatic rings. The lowest BCUT2D eigenvalue weighted by Gasteiger charge is -2.08. The van der Waals surface area contributed by atoms with Gasteiger partial charge in [0.2, 0.25) is 0 Å². The summed E-state index contributed by atoms with van der Waals surface area (Å²) in [5.74, 6) is -0.146. The number of nitrogens with zero attached hydrogens (tertiary/aromatic N) is 1. The summed E-state index contributed by atoms with van der Waals surface area (Å²) in [6.45, 7) is 1.32. The lowest BCUT2D eigenvalue weighted by atomic mass is 10.1. The van der Waals surface area contributed by atoms with Gasteiger partial charge in [0.25, 0.3) is 5.91 Å². The molecule has 1 aromatic carbocycles. The molecule has 0 aliphatic carbocycles. The molecule has 4 nitrogen and oxygen atoms in total. The van der Waals surface area contributed by atoms with Gasteiger partial charge in [-0.25, -0.2) is 0 Å². The maximum atomic E-state index is 11.9. The SMILES string of the molecule is Nc1cc(Br)ccc1C(=O)NCCn1cccc1. The molecule has 0 saturated heterocycles. The molecule has 0 bridgehead atoms. The Hall–Kier alpha value is -1.75. The van der Waals surface area contributed by atoms with Gasteiger partial charge in [0, 0.05) is 35.6 Å². The Labute approximate surface area is 114 Å². The normalized spacial score (nSPS) is 10.3. The molecule has 0 atom stereocenters. The number of halogens is 1. The van der Waals surface area contributed by atoms with E-state index in [1.165, 1.54) is 0 Å². The monoisotopic (exact) mass is 307 g/mol. The molecular formula is C13H14BrN3O. The van der Waals surface area contributed by atoms with Crippen molar-refractivity contribution in [3.8, 4) is 0 Å². The summed E-state index contributed by atoms with van der Waals surface area (Å²) < 4.78 is 2.87. The van der Waals surface area contributed by atoms with E-state index in [1.807, 2.05) is 29.1 Å². The minimum atomic E-state index is -0.146. The molecular weight excluding hydrogens is 294 g/mol. The van der Waals surface area contributed by atoms with Crippen molar-refractivity contribution in [1.82, 2.24) is 9.88 Å². The molecule has 18 heavy (non-hydrogen) atoms.